The molecule has 1 aromatic heterocycles. The highest BCUT2D eigenvalue weighted by Gasteiger charge is 2.26. The van der Waals surface area contributed by atoms with Crippen LogP contribution in [0.4, 0.5) is 0 Å². The van der Waals surface area contributed by atoms with Crippen LogP contribution < -0.4 is 0 Å². The molecule has 0 spiro atoms. The first kappa shape index (κ1) is 19.5. The van der Waals surface area contributed by atoms with Gasteiger partial charge in [-0.15, -0.1) is 0 Å². The zero-order valence-corrected chi connectivity index (χ0v) is 17.0. The molecule has 0 N–H and O–H groups in total. The molecule has 1 aromatic carbocycles. The second kappa shape index (κ2) is 8.17. The molecule has 26 heavy (non-hydrogen) atoms. The third kappa shape index (κ3) is 4.34. The van der Waals surface area contributed by atoms with Gasteiger partial charge in [0.25, 0.3) is 0 Å². The highest BCUT2D eigenvalue weighted by molar-refractivity contribution is 6.35. The Morgan fingerprint density at radius 2 is 1.85 bits per heavy atom. The number of carbonyl (C=O) groups is 1. The van der Waals surface area contributed by atoms with Crippen molar-refractivity contribution in [2.45, 2.75) is 26.4 Å². The predicted molar refractivity (Wildman–Crippen MR) is 105 cm³/mol. The highest BCUT2D eigenvalue weighted by Crippen LogP contribution is 2.23. The van der Waals surface area contributed by atoms with E-state index in [9.17, 15) is 4.79 Å². The lowest BCUT2D eigenvalue weighted by atomic mass is 10.2. The van der Waals surface area contributed by atoms with Crippen LogP contribution in [0.2, 0.25) is 15.1 Å². The van der Waals surface area contributed by atoms with E-state index in [2.05, 4.69) is 10.00 Å². The summed E-state index contributed by atoms with van der Waals surface area (Å²) in [5, 5.41) is 6.21. The maximum absolute atomic E-state index is 12.7. The minimum absolute atomic E-state index is 0.0633. The van der Waals surface area contributed by atoms with Gasteiger partial charge in [0.05, 0.1) is 10.7 Å². The molecular weight excluding hydrogens is 395 g/mol. The molecule has 140 valence electrons. The Kier molecular flexibility index (Phi) is 6.13. The van der Waals surface area contributed by atoms with Gasteiger partial charge in [-0.25, -0.2) is 0 Å². The molecule has 8 heteroatoms. The van der Waals surface area contributed by atoms with E-state index in [4.69, 9.17) is 34.8 Å². The molecule has 1 aliphatic heterocycles. The van der Waals surface area contributed by atoms with Crippen molar-refractivity contribution < 1.29 is 4.79 Å². The van der Waals surface area contributed by atoms with E-state index in [0.717, 1.165) is 30.9 Å². The Balaban J connectivity index is 1.56. The van der Waals surface area contributed by atoms with Crippen LogP contribution in [0, 0.1) is 6.92 Å². The van der Waals surface area contributed by atoms with Crippen LogP contribution >= 0.6 is 34.8 Å². The number of aromatic nitrogens is 2. The molecule has 0 aliphatic carbocycles. The molecule has 0 saturated carbocycles. The Morgan fingerprint density at radius 1 is 1.15 bits per heavy atom. The molecule has 3 rings (SSSR count). The van der Waals surface area contributed by atoms with Crippen molar-refractivity contribution in [3.63, 3.8) is 0 Å². The van der Waals surface area contributed by atoms with Gasteiger partial charge in [-0.1, -0.05) is 40.9 Å². The molecule has 1 atom stereocenters. The zero-order valence-electron chi connectivity index (χ0n) is 14.8. The van der Waals surface area contributed by atoms with Crippen LogP contribution in [0.25, 0.3) is 0 Å². The van der Waals surface area contributed by atoms with E-state index in [-0.39, 0.29) is 11.9 Å². The minimum atomic E-state index is -0.363. The summed E-state index contributed by atoms with van der Waals surface area (Å²) >= 11 is 18.3. The van der Waals surface area contributed by atoms with Crippen molar-refractivity contribution in [3.8, 4) is 0 Å². The lowest BCUT2D eigenvalue weighted by Gasteiger charge is -2.36. The molecular formula is C18H21Cl3N4O. The summed E-state index contributed by atoms with van der Waals surface area (Å²) in [6.45, 7) is 7.40. The van der Waals surface area contributed by atoms with Gasteiger partial charge in [-0.2, -0.15) is 5.10 Å². The third-order valence-electron chi connectivity index (χ3n) is 4.70. The summed E-state index contributed by atoms with van der Waals surface area (Å²) in [5.74, 6) is 0.0633. The second-order valence-electron chi connectivity index (χ2n) is 6.56. The van der Waals surface area contributed by atoms with Gasteiger partial charge >= 0.3 is 0 Å². The van der Waals surface area contributed by atoms with E-state index >= 15 is 0 Å². The largest absolute Gasteiger partial charge is 0.338 e. The van der Waals surface area contributed by atoms with E-state index in [1.807, 2.05) is 30.9 Å². The Bertz CT molecular complexity index is 780. The molecule has 1 saturated heterocycles. The maximum atomic E-state index is 12.7. The lowest BCUT2D eigenvalue weighted by Crippen LogP contribution is -2.50. The normalized spacial score (nSPS) is 16.7. The molecule has 0 radical (unpaired) electrons. The first-order valence-corrected chi connectivity index (χ1v) is 9.65. The molecule has 1 amide bonds. The number of rotatable bonds is 4. The quantitative estimate of drug-likeness (QED) is 0.756. The number of hydrogen-bond donors (Lipinski definition) is 0. The van der Waals surface area contributed by atoms with Gasteiger partial charge in [-0.05, 0) is 31.5 Å². The third-order valence-corrected chi connectivity index (χ3v) is 5.66. The van der Waals surface area contributed by atoms with Gasteiger partial charge in [0, 0.05) is 49.0 Å². The predicted octanol–water partition coefficient (Wildman–Crippen LogP) is 4.06. The standard InChI is InChI=1S/C18H21Cl3N4O/c1-12-17(21)11-25(22-12)13(2)18(26)24-7-5-23(6-8-24)10-14-3-4-15(19)9-16(14)20/h3-4,9,11,13H,5-8,10H2,1-2H3. The number of amides is 1. The first-order chi connectivity index (χ1) is 12.3. The van der Waals surface area contributed by atoms with E-state index < -0.39 is 0 Å². The fraction of sp³-hybridized carbons (Fsp3) is 0.444. The molecule has 1 unspecified atom stereocenters. The molecule has 0 bridgehead atoms. The summed E-state index contributed by atoms with van der Waals surface area (Å²) in [6.07, 6.45) is 1.71. The van der Waals surface area contributed by atoms with Gasteiger partial charge in [0.15, 0.2) is 0 Å². The number of nitrogens with zero attached hydrogens (tertiary/aromatic N) is 4. The van der Waals surface area contributed by atoms with Crippen molar-refractivity contribution in [2.24, 2.45) is 0 Å². The Hall–Kier alpha value is -1.27. The Morgan fingerprint density at radius 3 is 2.42 bits per heavy atom. The fourth-order valence-corrected chi connectivity index (χ4v) is 3.66. The second-order valence-corrected chi connectivity index (χ2v) is 7.81. The summed E-state index contributed by atoms with van der Waals surface area (Å²) < 4.78 is 1.64. The zero-order chi connectivity index (χ0) is 18.8. The van der Waals surface area contributed by atoms with Crippen LogP contribution in [0.1, 0.15) is 24.2 Å². The van der Waals surface area contributed by atoms with Gasteiger partial charge < -0.3 is 4.90 Å². The molecule has 2 heterocycles. The smallest absolute Gasteiger partial charge is 0.247 e. The minimum Gasteiger partial charge on any atom is -0.338 e. The average Bonchev–Trinajstić information content (AvgIpc) is 2.96. The topological polar surface area (TPSA) is 41.4 Å². The van der Waals surface area contributed by atoms with Crippen LogP contribution in [0.15, 0.2) is 24.4 Å². The fourth-order valence-electron chi connectivity index (χ4n) is 3.05. The first-order valence-electron chi connectivity index (χ1n) is 8.51. The summed E-state index contributed by atoms with van der Waals surface area (Å²) in [4.78, 5) is 16.9. The van der Waals surface area contributed by atoms with Crippen molar-refractivity contribution in [3.05, 3.63) is 50.7 Å². The van der Waals surface area contributed by atoms with Crippen molar-refractivity contribution in [1.82, 2.24) is 19.6 Å². The highest BCUT2D eigenvalue weighted by atomic mass is 35.5. The number of hydrogen-bond acceptors (Lipinski definition) is 3. The van der Waals surface area contributed by atoms with Crippen molar-refractivity contribution >= 4 is 40.7 Å². The monoisotopic (exact) mass is 414 g/mol. The summed E-state index contributed by atoms with van der Waals surface area (Å²) in [6, 6.07) is 5.20. The SMILES string of the molecule is Cc1nn(C(C)C(=O)N2CCN(Cc3ccc(Cl)cc3Cl)CC2)cc1Cl. The number of carbonyl (C=O) groups excluding carboxylic acids is 1. The number of piperazine rings is 1. The van der Waals surface area contributed by atoms with E-state index in [1.165, 1.54) is 0 Å². The van der Waals surface area contributed by atoms with Crippen LogP contribution in [0.3, 0.4) is 0 Å². The van der Waals surface area contributed by atoms with Gasteiger partial charge in [0.1, 0.15) is 6.04 Å². The Labute approximate surface area is 168 Å². The van der Waals surface area contributed by atoms with Crippen LogP contribution in [-0.2, 0) is 11.3 Å². The summed E-state index contributed by atoms with van der Waals surface area (Å²) in [7, 11) is 0. The van der Waals surface area contributed by atoms with Gasteiger partial charge in [-0.3, -0.25) is 14.4 Å². The maximum Gasteiger partial charge on any atom is 0.247 e. The van der Waals surface area contributed by atoms with Crippen LogP contribution in [0.5, 0.6) is 0 Å². The molecule has 1 aliphatic rings. The van der Waals surface area contributed by atoms with Crippen molar-refractivity contribution in [2.75, 3.05) is 26.2 Å². The lowest BCUT2D eigenvalue weighted by molar-refractivity contribution is -0.136. The number of aryl methyl sites for hydroxylation is 1. The average molecular weight is 416 g/mol. The van der Waals surface area contributed by atoms with Crippen LogP contribution in [-0.4, -0.2) is 51.7 Å². The molecule has 5 nitrogen and oxygen atoms in total. The van der Waals surface area contributed by atoms with E-state index in [1.54, 1.807) is 16.9 Å². The molecule has 2 aromatic rings. The number of halogens is 3. The van der Waals surface area contributed by atoms with Crippen molar-refractivity contribution in [1.29, 1.82) is 0 Å². The molecule has 1 fully saturated rings. The van der Waals surface area contributed by atoms with E-state index in [0.29, 0.717) is 28.2 Å². The van der Waals surface area contributed by atoms with Gasteiger partial charge in [0.2, 0.25) is 5.91 Å². The number of benzene rings is 1. The summed E-state index contributed by atoms with van der Waals surface area (Å²) in [5.41, 5.74) is 1.78.